The lowest BCUT2D eigenvalue weighted by molar-refractivity contribution is 0.439. The Morgan fingerprint density at radius 1 is 0.724 bits per heavy atom. The van der Waals surface area contributed by atoms with Crippen LogP contribution in [0.15, 0.2) is 54.6 Å². The fraction of sp³-hybridized carbons (Fsp3) is 0.0526. The molecule has 10 heteroatoms. The summed E-state index contributed by atoms with van der Waals surface area (Å²) in [5.74, 6) is -0.972. The molecule has 0 saturated heterocycles. The molecule has 0 aliphatic carbocycles. The van der Waals surface area contributed by atoms with Gasteiger partial charge in [-0.05, 0) is 48.0 Å². The minimum atomic E-state index is -5.11. The summed E-state index contributed by atoms with van der Waals surface area (Å²) < 4.78 is 33.9. The topological polar surface area (TPSA) is 94.8 Å². The Labute approximate surface area is 186 Å². The van der Waals surface area contributed by atoms with Crippen LogP contribution < -0.4 is 0 Å². The molecular weight excluding hydrogens is 482 g/mol. The van der Waals surface area contributed by atoms with E-state index in [0.717, 1.165) is 12.1 Å². The molecule has 3 aromatic carbocycles. The van der Waals surface area contributed by atoms with Gasteiger partial charge in [-0.3, -0.25) is 4.55 Å². The molecular formula is C19H12Cl4O5S. The van der Waals surface area contributed by atoms with E-state index >= 15 is 0 Å². The third kappa shape index (κ3) is 3.77. The zero-order valence-corrected chi connectivity index (χ0v) is 18.1. The van der Waals surface area contributed by atoms with Gasteiger partial charge < -0.3 is 10.2 Å². The highest BCUT2D eigenvalue weighted by atomic mass is 35.5. The molecule has 0 bridgehead atoms. The van der Waals surface area contributed by atoms with E-state index in [2.05, 4.69) is 0 Å². The van der Waals surface area contributed by atoms with Gasteiger partial charge in [0.05, 0.1) is 5.02 Å². The smallest absolute Gasteiger partial charge is 0.283 e. The van der Waals surface area contributed by atoms with Crippen molar-refractivity contribution in [2.24, 2.45) is 0 Å². The molecule has 1 atom stereocenters. The van der Waals surface area contributed by atoms with Crippen molar-refractivity contribution in [2.45, 2.75) is 4.75 Å². The fourth-order valence-corrected chi connectivity index (χ4v) is 5.44. The molecule has 0 amide bonds. The van der Waals surface area contributed by atoms with Crippen LogP contribution in [0.4, 0.5) is 0 Å². The third-order valence-corrected chi connectivity index (χ3v) is 6.91. The first-order chi connectivity index (χ1) is 13.5. The number of benzene rings is 3. The molecule has 0 aliphatic rings. The Morgan fingerprint density at radius 3 is 2.00 bits per heavy atom. The lowest BCUT2D eigenvalue weighted by Gasteiger charge is -2.34. The summed E-state index contributed by atoms with van der Waals surface area (Å²) >= 11 is 24.3. The van der Waals surface area contributed by atoms with Crippen molar-refractivity contribution in [3.8, 4) is 11.5 Å². The average molecular weight is 494 g/mol. The van der Waals surface area contributed by atoms with Crippen molar-refractivity contribution in [1.29, 1.82) is 0 Å². The number of phenols is 2. The SMILES string of the molecule is O=S(=O)(O)C(c1cccc(Cl)c1)(c1cc(Cl)ccc1O)c1cc(O)c(Cl)cc1Cl. The van der Waals surface area contributed by atoms with E-state index in [4.69, 9.17) is 46.4 Å². The number of phenolic OH excluding ortho intramolecular Hbond substituents is 2. The lowest BCUT2D eigenvalue weighted by Crippen LogP contribution is -2.38. The average Bonchev–Trinajstić information content (AvgIpc) is 2.61. The van der Waals surface area contributed by atoms with Gasteiger partial charge in [-0.2, -0.15) is 8.42 Å². The van der Waals surface area contributed by atoms with Gasteiger partial charge in [-0.15, -0.1) is 0 Å². The molecule has 0 radical (unpaired) electrons. The van der Waals surface area contributed by atoms with Gasteiger partial charge in [0.15, 0.2) is 4.75 Å². The van der Waals surface area contributed by atoms with Crippen LogP contribution in [-0.4, -0.2) is 23.2 Å². The van der Waals surface area contributed by atoms with Gasteiger partial charge >= 0.3 is 0 Å². The normalized spacial score (nSPS) is 13.8. The van der Waals surface area contributed by atoms with Crippen molar-refractivity contribution in [3.05, 3.63) is 91.4 Å². The third-order valence-electron chi connectivity index (χ3n) is 4.37. The van der Waals surface area contributed by atoms with Crippen LogP contribution in [0.2, 0.25) is 20.1 Å². The predicted molar refractivity (Wildman–Crippen MR) is 114 cm³/mol. The minimum absolute atomic E-state index is 0.0475. The van der Waals surface area contributed by atoms with Crippen LogP contribution in [0.3, 0.4) is 0 Å². The summed E-state index contributed by atoms with van der Waals surface area (Å²) in [5.41, 5.74) is -0.601. The Kier molecular flexibility index (Phi) is 5.98. The molecule has 0 fully saturated rings. The van der Waals surface area contributed by atoms with Crippen LogP contribution in [0.25, 0.3) is 0 Å². The fourth-order valence-electron chi connectivity index (χ4n) is 3.19. The molecule has 0 aromatic heterocycles. The molecule has 29 heavy (non-hydrogen) atoms. The Hall–Kier alpha value is -1.67. The second-order valence-electron chi connectivity index (χ2n) is 6.11. The van der Waals surface area contributed by atoms with E-state index in [1.54, 1.807) is 0 Å². The molecule has 0 saturated carbocycles. The van der Waals surface area contributed by atoms with Crippen molar-refractivity contribution in [1.82, 2.24) is 0 Å². The highest BCUT2D eigenvalue weighted by Crippen LogP contribution is 2.51. The molecule has 152 valence electrons. The van der Waals surface area contributed by atoms with Gasteiger partial charge in [0.1, 0.15) is 11.5 Å². The molecule has 0 aliphatic heterocycles. The minimum Gasteiger partial charge on any atom is -0.508 e. The molecule has 3 aromatic rings. The highest BCUT2D eigenvalue weighted by Gasteiger charge is 2.51. The maximum atomic E-state index is 13.0. The molecule has 0 heterocycles. The van der Waals surface area contributed by atoms with E-state index in [1.807, 2.05) is 0 Å². The lowest BCUT2D eigenvalue weighted by atomic mass is 9.83. The largest absolute Gasteiger partial charge is 0.508 e. The summed E-state index contributed by atoms with van der Waals surface area (Å²) in [5, 5.41) is 20.6. The van der Waals surface area contributed by atoms with Crippen molar-refractivity contribution in [3.63, 3.8) is 0 Å². The van der Waals surface area contributed by atoms with Gasteiger partial charge in [-0.25, -0.2) is 0 Å². The summed E-state index contributed by atoms with van der Waals surface area (Å²) in [6.45, 7) is 0. The Balaban J connectivity index is 2.63. The highest BCUT2D eigenvalue weighted by molar-refractivity contribution is 7.87. The Morgan fingerprint density at radius 2 is 1.38 bits per heavy atom. The molecule has 5 nitrogen and oxygen atoms in total. The van der Waals surface area contributed by atoms with Gasteiger partial charge in [0.25, 0.3) is 10.1 Å². The summed E-state index contributed by atoms with van der Waals surface area (Å²) in [6, 6.07) is 11.4. The molecule has 0 spiro atoms. The van der Waals surface area contributed by atoms with Gasteiger partial charge in [0.2, 0.25) is 0 Å². The first-order valence-corrected chi connectivity index (χ1v) is 10.8. The van der Waals surface area contributed by atoms with Crippen molar-refractivity contribution < 1.29 is 23.2 Å². The van der Waals surface area contributed by atoms with Gasteiger partial charge in [-0.1, -0.05) is 58.5 Å². The van der Waals surface area contributed by atoms with E-state index < -0.39 is 26.4 Å². The van der Waals surface area contributed by atoms with E-state index in [-0.39, 0.29) is 36.8 Å². The number of hydrogen-bond donors (Lipinski definition) is 3. The van der Waals surface area contributed by atoms with E-state index in [9.17, 15) is 23.2 Å². The molecule has 3 N–H and O–H groups in total. The number of rotatable bonds is 4. The second kappa shape index (κ2) is 7.87. The molecule has 3 rings (SSSR count). The predicted octanol–water partition coefficient (Wildman–Crippen LogP) is 5.89. The van der Waals surface area contributed by atoms with Crippen LogP contribution in [0.5, 0.6) is 11.5 Å². The zero-order valence-electron chi connectivity index (χ0n) is 14.3. The zero-order chi connectivity index (χ0) is 21.6. The number of aromatic hydroxyl groups is 2. The summed E-state index contributed by atoms with van der Waals surface area (Å²) in [4.78, 5) is 0. The first kappa shape index (κ1) is 22.0. The monoisotopic (exact) mass is 492 g/mol. The van der Waals surface area contributed by atoms with E-state index in [1.165, 1.54) is 42.5 Å². The number of halogens is 4. The van der Waals surface area contributed by atoms with Crippen LogP contribution in [-0.2, 0) is 14.9 Å². The van der Waals surface area contributed by atoms with Crippen LogP contribution in [0, 0.1) is 0 Å². The van der Waals surface area contributed by atoms with Crippen molar-refractivity contribution >= 4 is 56.5 Å². The van der Waals surface area contributed by atoms with Gasteiger partial charge in [0, 0.05) is 26.2 Å². The maximum Gasteiger partial charge on any atom is 0.283 e. The van der Waals surface area contributed by atoms with Crippen molar-refractivity contribution in [2.75, 3.05) is 0 Å². The summed E-state index contributed by atoms with van der Waals surface area (Å²) in [7, 11) is -5.11. The molecule has 1 unspecified atom stereocenters. The Bertz CT molecular complexity index is 1210. The number of hydrogen-bond acceptors (Lipinski definition) is 4. The summed E-state index contributed by atoms with van der Waals surface area (Å²) in [6.07, 6.45) is 0. The first-order valence-electron chi connectivity index (χ1n) is 7.89. The maximum absolute atomic E-state index is 13.0. The van der Waals surface area contributed by atoms with E-state index in [0.29, 0.717) is 0 Å². The van der Waals surface area contributed by atoms with Crippen LogP contribution in [0.1, 0.15) is 16.7 Å². The standard InChI is InChI=1S/C19H12Cl4O5S/c20-11-3-1-2-10(6-11)19(29(26,27)28,14-7-12(21)4-5-17(14)24)13-8-18(25)16(23)9-15(13)22/h1-9,24-25H,(H,26,27,28). The quantitative estimate of drug-likeness (QED) is 0.311. The van der Waals surface area contributed by atoms with Crippen LogP contribution >= 0.6 is 46.4 Å². The second-order valence-corrected chi connectivity index (χ2v) is 9.36.